The fourth-order valence-corrected chi connectivity index (χ4v) is 2.30. The van der Waals surface area contributed by atoms with Gasteiger partial charge in [0.2, 0.25) is 0 Å². The first kappa shape index (κ1) is 12.9. The van der Waals surface area contributed by atoms with Gasteiger partial charge < -0.3 is 10.2 Å². The third-order valence-corrected chi connectivity index (χ3v) is 3.39. The third-order valence-electron chi connectivity index (χ3n) is 3.39. The molecule has 0 spiro atoms. The van der Waals surface area contributed by atoms with Gasteiger partial charge in [0.1, 0.15) is 0 Å². The van der Waals surface area contributed by atoms with E-state index >= 15 is 0 Å². The molecule has 2 rings (SSSR count). The molecule has 0 unspecified atom stereocenters. The van der Waals surface area contributed by atoms with Crippen molar-refractivity contribution in [3.05, 3.63) is 29.6 Å². The minimum Gasteiger partial charge on any atom is -0.330 e. The van der Waals surface area contributed by atoms with E-state index in [0.717, 1.165) is 38.0 Å². The highest BCUT2D eigenvalue weighted by Gasteiger charge is 2.21. The van der Waals surface area contributed by atoms with Crippen LogP contribution in [0, 0.1) is 6.92 Å². The molecule has 1 N–H and O–H groups in total. The van der Waals surface area contributed by atoms with Crippen LogP contribution < -0.4 is 5.32 Å². The molecule has 1 saturated heterocycles. The Morgan fingerprint density at radius 1 is 1.50 bits per heavy atom. The monoisotopic (exact) mass is 247 g/mol. The van der Waals surface area contributed by atoms with Crippen LogP contribution in [-0.4, -0.2) is 29.0 Å². The number of amides is 2. The predicted molar refractivity (Wildman–Crippen MR) is 71.3 cm³/mol. The van der Waals surface area contributed by atoms with Crippen LogP contribution in [0.3, 0.4) is 0 Å². The maximum Gasteiger partial charge on any atom is 0.317 e. The van der Waals surface area contributed by atoms with Crippen molar-refractivity contribution >= 4 is 6.03 Å². The lowest BCUT2D eigenvalue weighted by molar-refractivity contribution is 0.204. The van der Waals surface area contributed by atoms with Gasteiger partial charge in [0, 0.05) is 19.3 Å². The van der Waals surface area contributed by atoms with Crippen LogP contribution >= 0.6 is 0 Å². The lowest BCUT2D eigenvalue weighted by atomic mass is 10.1. The van der Waals surface area contributed by atoms with E-state index in [1.54, 1.807) is 6.20 Å². The average Bonchev–Trinajstić information content (AvgIpc) is 2.89. The summed E-state index contributed by atoms with van der Waals surface area (Å²) < 4.78 is 0. The highest BCUT2D eigenvalue weighted by atomic mass is 16.2. The molecule has 1 aromatic heterocycles. The zero-order valence-electron chi connectivity index (χ0n) is 11.1. The van der Waals surface area contributed by atoms with Gasteiger partial charge in [-0.25, -0.2) is 4.79 Å². The Morgan fingerprint density at radius 3 is 2.83 bits per heavy atom. The third kappa shape index (κ3) is 3.00. The van der Waals surface area contributed by atoms with Gasteiger partial charge >= 0.3 is 6.03 Å². The summed E-state index contributed by atoms with van der Waals surface area (Å²) in [4.78, 5) is 18.3. The molecule has 2 heterocycles. The van der Waals surface area contributed by atoms with Crippen molar-refractivity contribution in [3.63, 3.8) is 0 Å². The molecule has 18 heavy (non-hydrogen) atoms. The summed E-state index contributed by atoms with van der Waals surface area (Å²) in [6.45, 7) is 5.87. The van der Waals surface area contributed by atoms with Gasteiger partial charge in [0.05, 0.1) is 11.7 Å². The van der Waals surface area contributed by atoms with E-state index in [1.807, 2.05) is 24.0 Å². The quantitative estimate of drug-likeness (QED) is 0.892. The van der Waals surface area contributed by atoms with Gasteiger partial charge in [0.15, 0.2) is 0 Å². The Morgan fingerprint density at radius 2 is 2.22 bits per heavy atom. The number of hydrogen-bond donors (Lipinski definition) is 1. The largest absolute Gasteiger partial charge is 0.330 e. The molecule has 0 aliphatic carbocycles. The summed E-state index contributed by atoms with van der Waals surface area (Å²) in [5.41, 5.74) is 2.12. The number of nitrogens with zero attached hydrogens (tertiary/aromatic N) is 2. The first-order valence-corrected chi connectivity index (χ1v) is 6.68. The fourth-order valence-electron chi connectivity index (χ4n) is 2.30. The van der Waals surface area contributed by atoms with Crippen molar-refractivity contribution in [2.45, 2.75) is 39.2 Å². The minimum absolute atomic E-state index is 0.0120. The Labute approximate surface area is 108 Å². The molecule has 98 valence electrons. The molecule has 1 atom stereocenters. The number of carbonyl (C=O) groups excluding carboxylic acids is 1. The van der Waals surface area contributed by atoms with Crippen molar-refractivity contribution in [3.8, 4) is 0 Å². The standard InChI is InChI=1S/C14H21N3O/c1-3-12(13-10-11(2)6-7-15-13)16-14(18)17-8-4-5-9-17/h6-7,10,12H,3-5,8-9H2,1-2H3,(H,16,18)/t12-/m1/s1. The van der Waals surface area contributed by atoms with Crippen molar-refractivity contribution in [2.24, 2.45) is 0 Å². The molecule has 1 aliphatic heterocycles. The summed E-state index contributed by atoms with van der Waals surface area (Å²) in [5.74, 6) is 0. The fraction of sp³-hybridized carbons (Fsp3) is 0.571. The first-order valence-electron chi connectivity index (χ1n) is 6.68. The van der Waals surface area contributed by atoms with E-state index in [-0.39, 0.29) is 12.1 Å². The van der Waals surface area contributed by atoms with Gasteiger partial charge in [-0.15, -0.1) is 0 Å². The van der Waals surface area contributed by atoms with E-state index in [1.165, 1.54) is 5.56 Å². The average molecular weight is 247 g/mol. The molecule has 1 aromatic rings. The second-order valence-electron chi connectivity index (χ2n) is 4.86. The van der Waals surface area contributed by atoms with E-state index in [9.17, 15) is 4.79 Å². The minimum atomic E-state index is 0.0120. The van der Waals surface area contributed by atoms with Crippen molar-refractivity contribution in [2.75, 3.05) is 13.1 Å². The molecule has 4 nitrogen and oxygen atoms in total. The second kappa shape index (κ2) is 5.85. The number of carbonyl (C=O) groups is 1. The number of aromatic nitrogens is 1. The number of pyridine rings is 1. The van der Waals surface area contributed by atoms with E-state index in [2.05, 4.69) is 17.2 Å². The van der Waals surface area contributed by atoms with E-state index in [4.69, 9.17) is 0 Å². The van der Waals surface area contributed by atoms with Gasteiger partial charge in [-0.05, 0) is 43.9 Å². The molecule has 1 fully saturated rings. The number of aryl methyl sites for hydroxylation is 1. The zero-order valence-corrected chi connectivity index (χ0v) is 11.1. The van der Waals surface area contributed by atoms with Crippen molar-refractivity contribution in [1.82, 2.24) is 15.2 Å². The summed E-state index contributed by atoms with van der Waals surface area (Å²) in [6.07, 6.45) is 4.89. The number of likely N-dealkylation sites (tertiary alicyclic amines) is 1. The van der Waals surface area contributed by atoms with E-state index in [0.29, 0.717) is 0 Å². The highest BCUT2D eigenvalue weighted by Crippen LogP contribution is 2.16. The van der Waals surface area contributed by atoms with Gasteiger partial charge in [-0.1, -0.05) is 6.92 Å². The SMILES string of the molecule is CC[C@@H](NC(=O)N1CCCC1)c1cc(C)ccn1. The lowest BCUT2D eigenvalue weighted by Gasteiger charge is -2.22. The van der Waals surface area contributed by atoms with Crippen LogP contribution in [0.15, 0.2) is 18.3 Å². The van der Waals surface area contributed by atoms with Gasteiger partial charge in [-0.3, -0.25) is 4.98 Å². The summed E-state index contributed by atoms with van der Waals surface area (Å²) in [6, 6.07) is 4.07. The van der Waals surface area contributed by atoms with Gasteiger partial charge in [-0.2, -0.15) is 0 Å². The lowest BCUT2D eigenvalue weighted by Crippen LogP contribution is -2.40. The molecule has 1 aliphatic rings. The Hall–Kier alpha value is -1.58. The Balaban J connectivity index is 2.02. The van der Waals surface area contributed by atoms with Crippen LogP contribution in [0.5, 0.6) is 0 Å². The summed E-state index contributed by atoms with van der Waals surface area (Å²) >= 11 is 0. The predicted octanol–water partition coefficient (Wildman–Crippen LogP) is 2.65. The number of urea groups is 1. The van der Waals surface area contributed by atoms with Crippen LogP contribution in [0.25, 0.3) is 0 Å². The molecule has 0 aromatic carbocycles. The van der Waals surface area contributed by atoms with Crippen LogP contribution in [0.4, 0.5) is 4.79 Å². The molecule has 0 saturated carbocycles. The first-order chi connectivity index (χ1) is 8.70. The van der Waals surface area contributed by atoms with Gasteiger partial charge in [0.25, 0.3) is 0 Å². The van der Waals surface area contributed by atoms with Crippen molar-refractivity contribution < 1.29 is 4.79 Å². The number of nitrogens with one attached hydrogen (secondary N) is 1. The Bertz CT molecular complexity index is 413. The Kier molecular flexibility index (Phi) is 4.18. The van der Waals surface area contributed by atoms with Crippen molar-refractivity contribution in [1.29, 1.82) is 0 Å². The number of hydrogen-bond acceptors (Lipinski definition) is 2. The maximum atomic E-state index is 12.1. The topological polar surface area (TPSA) is 45.2 Å². The highest BCUT2D eigenvalue weighted by molar-refractivity contribution is 5.74. The molecule has 2 amide bonds. The van der Waals surface area contributed by atoms with E-state index < -0.39 is 0 Å². The maximum absolute atomic E-state index is 12.1. The smallest absolute Gasteiger partial charge is 0.317 e. The molecule has 0 bridgehead atoms. The second-order valence-corrected chi connectivity index (χ2v) is 4.86. The van der Waals surface area contributed by atoms with Crippen LogP contribution in [0.1, 0.15) is 43.5 Å². The molecule has 4 heteroatoms. The molecular formula is C14H21N3O. The zero-order chi connectivity index (χ0) is 13.0. The number of rotatable bonds is 3. The molecule has 0 radical (unpaired) electrons. The molecular weight excluding hydrogens is 226 g/mol. The normalized spacial score (nSPS) is 16.7. The van der Waals surface area contributed by atoms with Crippen LogP contribution in [0.2, 0.25) is 0 Å². The summed E-state index contributed by atoms with van der Waals surface area (Å²) in [7, 11) is 0. The summed E-state index contributed by atoms with van der Waals surface area (Å²) in [5, 5.41) is 3.08. The van der Waals surface area contributed by atoms with Crippen LogP contribution in [-0.2, 0) is 0 Å².